The molecule has 2 heterocycles. The number of hydrogen-bond donors (Lipinski definition) is 2. The van der Waals surface area contributed by atoms with E-state index in [2.05, 4.69) is 25.9 Å². The number of nitrogens with one attached hydrogen (secondary N) is 2. The summed E-state index contributed by atoms with van der Waals surface area (Å²) in [6, 6.07) is 4.91. The standard InChI is InChI=1S/C18H18N6O2S/c1-8-17(27-9(2)19-8)15-13-12-10(16(25)14(13)21-22-15)6-5-7-11(12)20-18(26)23-24(3)4/h5-7,13H,1-4H3,(H2,20,23,26). The first-order valence-corrected chi connectivity index (χ1v) is 9.21. The molecule has 1 unspecified atom stereocenters. The third-order valence-electron chi connectivity index (χ3n) is 4.39. The molecule has 0 saturated heterocycles. The highest BCUT2D eigenvalue weighted by molar-refractivity contribution is 7.14. The molecular formula is C18H18N6O2S. The molecule has 1 aliphatic heterocycles. The van der Waals surface area contributed by atoms with Crippen molar-refractivity contribution in [2.75, 3.05) is 19.4 Å². The number of benzene rings is 1. The van der Waals surface area contributed by atoms with E-state index in [0.29, 0.717) is 22.7 Å². The van der Waals surface area contributed by atoms with E-state index in [1.807, 2.05) is 13.8 Å². The maximum absolute atomic E-state index is 12.8. The summed E-state index contributed by atoms with van der Waals surface area (Å²) in [5, 5.41) is 13.8. The normalized spacial score (nSPS) is 17.5. The van der Waals surface area contributed by atoms with Crippen LogP contribution in [0.1, 0.15) is 37.4 Å². The van der Waals surface area contributed by atoms with Gasteiger partial charge in [-0.15, -0.1) is 11.3 Å². The van der Waals surface area contributed by atoms with E-state index >= 15 is 0 Å². The Hall–Kier alpha value is -2.91. The molecule has 1 atom stereocenters. The summed E-state index contributed by atoms with van der Waals surface area (Å²) >= 11 is 1.53. The van der Waals surface area contributed by atoms with Crippen molar-refractivity contribution < 1.29 is 9.59 Å². The smallest absolute Gasteiger partial charge is 0.307 e. The van der Waals surface area contributed by atoms with Gasteiger partial charge in [0.2, 0.25) is 5.78 Å². The molecule has 2 amide bonds. The van der Waals surface area contributed by atoms with E-state index in [-0.39, 0.29) is 17.7 Å². The Balaban J connectivity index is 1.78. The number of nitrogens with zero attached hydrogens (tertiary/aromatic N) is 4. The number of ketones is 1. The van der Waals surface area contributed by atoms with Crippen LogP contribution in [0, 0.1) is 13.8 Å². The first-order valence-electron chi connectivity index (χ1n) is 8.39. The van der Waals surface area contributed by atoms with Gasteiger partial charge in [0.15, 0.2) is 0 Å². The SMILES string of the molecule is Cc1nc(C)c(C2=NN=C3C(=O)c4cccc(NC(=O)NN(C)C)c4C32)s1. The number of anilines is 1. The molecule has 2 N–H and O–H groups in total. The topological polar surface area (TPSA) is 99.0 Å². The minimum Gasteiger partial charge on any atom is -0.307 e. The zero-order chi connectivity index (χ0) is 19.3. The molecular weight excluding hydrogens is 364 g/mol. The van der Waals surface area contributed by atoms with Crippen LogP contribution in [-0.4, -0.2) is 47.3 Å². The van der Waals surface area contributed by atoms with Crippen molar-refractivity contribution in [2.24, 2.45) is 10.2 Å². The van der Waals surface area contributed by atoms with Gasteiger partial charge in [0.1, 0.15) is 5.71 Å². The second kappa shape index (κ2) is 6.36. The van der Waals surface area contributed by atoms with Crippen LogP contribution in [0.5, 0.6) is 0 Å². The summed E-state index contributed by atoms with van der Waals surface area (Å²) in [6.45, 7) is 3.86. The van der Waals surface area contributed by atoms with Crippen LogP contribution in [0.3, 0.4) is 0 Å². The van der Waals surface area contributed by atoms with Crippen LogP contribution < -0.4 is 10.7 Å². The Kier molecular flexibility index (Phi) is 4.12. The van der Waals surface area contributed by atoms with Crippen molar-refractivity contribution in [3.05, 3.63) is 44.9 Å². The lowest BCUT2D eigenvalue weighted by Crippen LogP contribution is -2.39. The van der Waals surface area contributed by atoms with Gasteiger partial charge in [0, 0.05) is 30.9 Å². The predicted octanol–water partition coefficient (Wildman–Crippen LogP) is 2.50. The van der Waals surface area contributed by atoms with E-state index in [1.165, 1.54) is 11.3 Å². The summed E-state index contributed by atoms with van der Waals surface area (Å²) in [5.41, 5.74) is 6.47. The Morgan fingerprint density at radius 1 is 1.19 bits per heavy atom. The number of hydrogen-bond acceptors (Lipinski definition) is 7. The lowest BCUT2D eigenvalue weighted by Gasteiger charge is -2.17. The highest BCUT2D eigenvalue weighted by atomic mass is 32.1. The number of aromatic nitrogens is 1. The number of aryl methyl sites for hydroxylation is 2. The van der Waals surface area contributed by atoms with Gasteiger partial charge in [-0.3, -0.25) is 10.2 Å². The van der Waals surface area contributed by atoms with Crippen molar-refractivity contribution in [3.8, 4) is 0 Å². The monoisotopic (exact) mass is 382 g/mol. The highest BCUT2D eigenvalue weighted by Gasteiger charge is 2.45. The number of Topliss-reactive ketones (excluding diaryl/α,β-unsaturated/α-hetero) is 1. The third kappa shape index (κ3) is 2.84. The second-order valence-electron chi connectivity index (χ2n) is 6.61. The van der Waals surface area contributed by atoms with E-state index in [9.17, 15) is 9.59 Å². The molecule has 1 aromatic carbocycles. The number of hydrazine groups is 1. The number of carbonyl (C=O) groups is 2. The molecule has 9 heteroatoms. The van der Waals surface area contributed by atoms with E-state index in [1.54, 1.807) is 37.3 Å². The Morgan fingerprint density at radius 3 is 2.59 bits per heavy atom. The van der Waals surface area contributed by atoms with Gasteiger partial charge in [-0.1, -0.05) is 12.1 Å². The maximum atomic E-state index is 12.8. The second-order valence-corrected chi connectivity index (χ2v) is 7.81. The van der Waals surface area contributed by atoms with Crippen LogP contribution in [-0.2, 0) is 0 Å². The quantitative estimate of drug-likeness (QED) is 0.797. The van der Waals surface area contributed by atoms with Crippen LogP contribution in [0.15, 0.2) is 28.4 Å². The molecule has 0 spiro atoms. The number of fused-ring (bicyclic) bond motifs is 3. The fraction of sp³-hybridized carbons (Fsp3) is 0.278. The van der Waals surface area contributed by atoms with Gasteiger partial charge >= 0.3 is 6.03 Å². The van der Waals surface area contributed by atoms with E-state index < -0.39 is 0 Å². The summed E-state index contributed by atoms with van der Waals surface area (Å²) in [5.74, 6) is -0.536. The lowest BCUT2D eigenvalue weighted by molar-refractivity contribution is 0.106. The average molecular weight is 382 g/mol. The molecule has 0 bridgehead atoms. The molecule has 0 radical (unpaired) electrons. The van der Waals surface area contributed by atoms with Crippen molar-refractivity contribution in [2.45, 2.75) is 19.8 Å². The average Bonchev–Trinajstić information content (AvgIpc) is 3.22. The van der Waals surface area contributed by atoms with Crippen LogP contribution in [0.2, 0.25) is 0 Å². The van der Waals surface area contributed by atoms with Gasteiger partial charge in [0.25, 0.3) is 0 Å². The Labute approximate surface area is 160 Å². The molecule has 8 nitrogen and oxygen atoms in total. The molecule has 1 aliphatic carbocycles. The summed E-state index contributed by atoms with van der Waals surface area (Å²) in [4.78, 5) is 30.4. The number of rotatable bonds is 3. The summed E-state index contributed by atoms with van der Waals surface area (Å²) in [6.07, 6.45) is 0. The van der Waals surface area contributed by atoms with E-state index in [4.69, 9.17) is 0 Å². The van der Waals surface area contributed by atoms with Crippen LogP contribution in [0.4, 0.5) is 10.5 Å². The van der Waals surface area contributed by atoms with Gasteiger partial charge in [-0.2, -0.15) is 10.2 Å². The minimum atomic E-state index is -0.387. The van der Waals surface area contributed by atoms with Crippen molar-refractivity contribution in [1.82, 2.24) is 15.4 Å². The number of urea groups is 1. The molecule has 138 valence electrons. The predicted molar refractivity (Wildman–Crippen MR) is 105 cm³/mol. The Bertz CT molecular complexity index is 1040. The molecule has 4 rings (SSSR count). The molecule has 27 heavy (non-hydrogen) atoms. The van der Waals surface area contributed by atoms with Gasteiger partial charge < -0.3 is 5.32 Å². The molecule has 0 fully saturated rings. The van der Waals surface area contributed by atoms with Crippen LogP contribution in [0.25, 0.3) is 0 Å². The number of thiazole rings is 1. The van der Waals surface area contributed by atoms with Crippen molar-refractivity contribution in [3.63, 3.8) is 0 Å². The highest BCUT2D eigenvalue weighted by Crippen LogP contribution is 2.42. The minimum absolute atomic E-state index is 0.149. The van der Waals surface area contributed by atoms with Crippen molar-refractivity contribution >= 4 is 40.3 Å². The molecule has 0 saturated carbocycles. The lowest BCUT2D eigenvalue weighted by atomic mass is 9.92. The van der Waals surface area contributed by atoms with Gasteiger partial charge in [-0.25, -0.2) is 14.8 Å². The first kappa shape index (κ1) is 17.5. The number of amides is 2. The Morgan fingerprint density at radius 2 is 1.93 bits per heavy atom. The largest absolute Gasteiger partial charge is 0.333 e. The summed E-state index contributed by atoms with van der Waals surface area (Å²) < 4.78 is 0. The maximum Gasteiger partial charge on any atom is 0.333 e. The van der Waals surface area contributed by atoms with Crippen LogP contribution >= 0.6 is 11.3 Å². The molecule has 2 aromatic rings. The fourth-order valence-corrected chi connectivity index (χ4v) is 4.36. The zero-order valence-corrected chi connectivity index (χ0v) is 16.1. The van der Waals surface area contributed by atoms with Gasteiger partial charge in [-0.05, 0) is 19.9 Å². The molecule has 2 aliphatic rings. The zero-order valence-electron chi connectivity index (χ0n) is 15.3. The summed E-state index contributed by atoms with van der Waals surface area (Å²) in [7, 11) is 3.44. The van der Waals surface area contributed by atoms with Crippen molar-refractivity contribution in [1.29, 1.82) is 0 Å². The van der Waals surface area contributed by atoms with E-state index in [0.717, 1.165) is 21.1 Å². The molecule has 1 aromatic heterocycles. The fourth-order valence-electron chi connectivity index (χ4n) is 3.42. The first-order chi connectivity index (χ1) is 12.9. The number of carbonyl (C=O) groups excluding carboxylic acids is 2. The third-order valence-corrected chi connectivity index (χ3v) is 5.49. The van der Waals surface area contributed by atoms with Gasteiger partial charge in [0.05, 0.1) is 27.2 Å².